The first-order valence-corrected chi connectivity index (χ1v) is 11.5. The quantitative estimate of drug-likeness (QED) is 0.426. The summed E-state index contributed by atoms with van der Waals surface area (Å²) in [6, 6.07) is 12.1. The smallest absolute Gasteiger partial charge is 0.306 e. The normalized spacial score (nSPS) is 11.9. The van der Waals surface area contributed by atoms with Gasteiger partial charge in [-0.05, 0) is 43.7 Å². The summed E-state index contributed by atoms with van der Waals surface area (Å²) < 4.78 is 6.94. The van der Waals surface area contributed by atoms with Crippen LogP contribution in [0.2, 0.25) is 10.0 Å². The number of aryl methyl sites for hydroxylation is 2. The van der Waals surface area contributed by atoms with Gasteiger partial charge >= 0.3 is 5.97 Å². The number of esters is 1. The number of hydrogen-bond acceptors (Lipinski definition) is 5. The van der Waals surface area contributed by atoms with Crippen molar-refractivity contribution in [3.05, 3.63) is 68.6 Å². The zero-order valence-corrected chi connectivity index (χ0v) is 19.9. The van der Waals surface area contributed by atoms with E-state index in [1.54, 1.807) is 16.7 Å². The molecular weight excluding hydrogens is 465 g/mol. The summed E-state index contributed by atoms with van der Waals surface area (Å²) >= 11 is 11.9. The molecule has 0 aliphatic rings. The van der Waals surface area contributed by atoms with Gasteiger partial charge in [-0.3, -0.25) is 14.4 Å². The van der Waals surface area contributed by atoms with E-state index in [9.17, 15) is 14.4 Å². The Labute approximate surface area is 201 Å². The maximum Gasteiger partial charge on any atom is 0.306 e. The third-order valence-electron chi connectivity index (χ3n) is 5.09. The molecule has 1 unspecified atom stereocenters. The number of carbonyl (C=O) groups excluding carboxylic acids is 2. The Morgan fingerprint density at radius 1 is 1.18 bits per heavy atom. The lowest BCUT2D eigenvalue weighted by atomic mass is 10.2. The molecule has 3 rings (SSSR count). The van der Waals surface area contributed by atoms with Crippen LogP contribution in [0.15, 0.2) is 47.3 Å². The summed E-state index contributed by atoms with van der Waals surface area (Å²) in [5.41, 5.74) is 1.92. The van der Waals surface area contributed by atoms with E-state index < -0.39 is 18.0 Å². The van der Waals surface area contributed by atoms with Crippen LogP contribution in [0.5, 0.6) is 0 Å². The van der Waals surface area contributed by atoms with Gasteiger partial charge in [0.2, 0.25) is 0 Å². The number of ether oxygens (including phenoxy) is 1. The van der Waals surface area contributed by atoms with Gasteiger partial charge < -0.3 is 14.6 Å². The standard InChI is InChI=1S/C24H25Cl2N3O4/c1-3-4-13-29-21-8-6-5-7-19(21)27-20(24(29)32)11-12-22(30)33-15(2)23(31)28-18-10-9-16(25)14-17(18)26/h5-10,14-15H,3-4,11-13H2,1-2H3,(H,28,31). The minimum absolute atomic E-state index is 0.0757. The summed E-state index contributed by atoms with van der Waals surface area (Å²) in [6.45, 7) is 4.10. The van der Waals surface area contributed by atoms with Crippen molar-refractivity contribution in [1.82, 2.24) is 9.55 Å². The lowest BCUT2D eigenvalue weighted by Gasteiger charge is -2.15. The zero-order chi connectivity index (χ0) is 24.0. The Kier molecular flexibility index (Phi) is 8.47. The van der Waals surface area contributed by atoms with Crippen LogP contribution in [0.4, 0.5) is 5.69 Å². The summed E-state index contributed by atoms with van der Waals surface area (Å²) in [7, 11) is 0. The zero-order valence-electron chi connectivity index (χ0n) is 18.4. The second kappa shape index (κ2) is 11.3. The first kappa shape index (κ1) is 24.7. The molecule has 1 aromatic heterocycles. The van der Waals surface area contributed by atoms with Crippen LogP contribution in [0.1, 0.15) is 38.8 Å². The molecule has 2 aromatic carbocycles. The van der Waals surface area contributed by atoms with Crippen molar-refractivity contribution in [1.29, 1.82) is 0 Å². The Balaban J connectivity index is 1.64. The molecule has 0 aliphatic heterocycles. The lowest BCUT2D eigenvalue weighted by molar-refractivity contribution is -0.153. The van der Waals surface area contributed by atoms with E-state index in [1.807, 2.05) is 24.3 Å². The number of aromatic nitrogens is 2. The van der Waals surface area contributed by atoms with E-state index in [-0.39, 0.29) is 23.4 Å². The molecule has 1 heterocycles. The number of para-hydroxylation sites is 2. The molecule has 0 saturated heterocycles. The van der Waals surface area contributed by atoms with Crippen molar-refractivity contribution in [3.63, 3.8) is 0 Å². The van der Waals surface area contributed by atoms with Crippen molar-refractivity contribution in [3.8, 4) is 0 Å². The largest absolute Gasteiger partial charge is 0.453 e. The topological polar surface area (TPSA) is 90.3 Å². The van der Waals surface area contributed by atoms with Crippen LogP contribution in [0.25, 0.3) is 11.0 Å². The molecule has 0 saturated carbocycles. The fraction of sp³-hybridized carbons (Fsp3) is 0.333. The van der Waals surface area contributed by atoms with Crippen molar-refractivity contribution >= 4 is 51.8 Å². The number of anilines is 1. The SMILES string of the molecule is CCCCn1c(=O)c(CCC(=O)OC(C)C(=O)Nc2ccc(Cl)cc2Cl)nc2ccccc21. The number of benzene rings is 2. The van der Waals surface area contributed by atoms with Gasteiger partial charge in [-0.2, -0.15) is 0 Å². The summed E-state index contributed by atoms with van der Waals surface area (Å²) in [5, 5.41) is 3.31. The van der Waals surface area contributed by atoms with Gasteiger partial charge in [-0.1, -0.05) is 48.7 Å². The predicted octanol–water partition coefficient (Wildman–Crippen LogP) is 5.01. The molecule has 1 atom stereocenters. The molecular formula is C24H25Cl2N3O4. The number of nitrogens with zero attached hydrogens (tertiary/aromatic N) is 2. The van der Waals surface area contributed by atoms with Gasteiger partial charge in [0.15, 0.2) is 6.10 Å². The highest BCUT2D eigenvalue weighted by atomic mass is 35.5. The molecule has 33 heavy (non-hydrogen) atoms. The maximum atomic E-state index is 13.0. The minimum atomic E-state index is -1.05. The number of rotatable bonds is 9. The van der Waals surface area contributed by atoms with Crippen molar-refractivity contribution in [2.45, 2.75) is 52.2 Å². The van der Waals surface area contributed by atoms with Gasteiger partial charge in [0, 0.05) is 18.0 Å². The first-order chi connectivity index (χ1) is 15.8. The molecule has 1 amide bonds. The molecule has 0 radical (unpaired) electrons. The molecule has 3 aromatic rings. The lowest BCUT2D eigenvalue weighted by Crippen LogP contribution is -2.31. The van der Waals surface area contributed by atoms with Crippen LogP contribution >= 0.6 is 23.2 Å². The van der Waals surface area contributed by atoms with Gasteiger partial charge in [-0.15, -0.1) is 0 Å². The second-order valence-electron chi connectivity index (χ2n) is 7.60. The predicted molar refractivity (Wildman–Crippen MR) is 130 cm³/mol. The molecule has 0 bridgehead atoms. The van der Waals surface area contributed by atoms with Gasteiger partial charge in [0.1, 0.15) is 5.69 Å². The first-order valence-electron chi connectivity index (χ1n) is 10.7. The molecule has 174 valence electrons. The average Bonchev–Trinajstić information content (AvgIpc) is 2.79. The van der Waals surface area contributed by atoms with E-state index >= 15 is 0 Å². The van der Waals surface area contributed by atoms with Crippen LogP contribution in [-0.2, 0) is 27.3 Å². The molecule has 0 fully saturated rings. The Bertz CT molecular complexity index is 1230. The summed E-state index contributed by atoms with van der Waals surface area (Å²) in [4.78, 5) is 42.1. The van der Waals surface area contributed by atoms with E-state index in [1.165, 1.54) is 13.0 Å². The Morgan fingerprint density at radius 2 is 1.94 bits per heavy atom. The number of amides is 1. The molecule has 7 nitrogen and oxygen atoms in total. The van der Waals surface area contributed by atoms with E-state index in [2.05, 4.69) is 17.2 Å². The highest BCUT2D eigenvalue weighted by molar-refractivity contribution is 6.36. The van der Waals surface area contributed by atoms with Crippen LogP contribution < -0.4 is 10.9 Å². The van der Waals surface area contributed by atoms with Crippen molar-refractivity contribution in [2.75, 3.05) is 5.32 Å². The Hall–Kier alpha value is -2.90. The molecule has 9 heteroatoms. The van der Waals surface area contributed by atoms with E-state index in [4.69, 9.17) is 27.9 Å². The number of unbranched alkanes of at least 4 members (excludes halogenated alkanes) is 1. The van der Waals surface area contributed by atoms with Crippen LogP contribution in [-0.4, -0.2) is 27.5 Å². The van der Waals surface area contributed by atoms with E-state index in [0.29, 0.717) is 28.5 Å². The fourth-order valence-corrected chi connectivity index (χ4v) is 3.76. The third-order valence-corrected chi connectivity index (χ3v) is 5.64. The molecule has 1 N–H and O–H groups in total. The van der Waals surface area contributed by atoms with Gasteiger partial charge in [-0.25, -0.2) is 4.98 Å². The number of fused-ring (bicyclic) bond motifs is 1. The van der Waals surface area contributed by atoms with Gasteiger partial charge in [0.05, 0.1) is 28.2 Å². The number of halogens is 2. The minimum Gasteiger partial charge on any atom is -0.453 e. The highest BCUT2D eigenvalue weighted by Gasteiger charge is 2.20. The molecule has 0 spiro atoms. The Morgan fingerprint density at radius 3 is 2.67 bits per heavy atom. The number of hydrogen-bond donors (Lipinski definition) is 1. The third kappa shape index (κ3) is 6.33. The van der Waals surface area contributed by atoms with Crippen molar-refractivity contribution in [2.24, 2.45) is 0 Å². The van der Waals surface area contributed by atoms with Crippen LogP contribution in [0.3, 0.4) is 0 Å². The maximum absolute atomic E-state index is 13.0. The number of carbonyl (C=O) groups is 2. The monoisotopic (exact) mass is 489 g/mol. The van der Waals surface area contributed by atoms with Crippen molar-refractivity contribution < 1.29 is 14.3 Å². The second-order valence-corrected chi connectivity index (χ2v) is 8.45. The highest BCUT2D eigenvalue weighted by Crippen LogP contribution is 2.25. The van der Waals surface area contributed by atoms with Crippen LogP contribution in [0, 0.1) is 0 Å². The van der Waals surface area contributed by atoms with E-state index in [0.717, 1.165) is 18.4 Å². The summed E-state index contributed by atoms with van der Waals surface area (Å²) in [6.07, 6.45) is 0.806. The number of nitrogens with one attached hydrogen (secondary N) is 1. The summed E-state index contributed by atoms with van der Waals surface area (Å²) in [5.74, 6) is -1.13. The molecule has 0 aliphatic carbocycles. The van der Waals surface area contributed by atoms with Gasteiger partial charge in [0.25, 0.3) is 11.5 Å². The average molecular weight is 490 g/mol. The fourth-order valence-electron chi connectivity index (χ4n) is 3.30.